The van der Waals surface area contributed by atoms with E-state index in [9.17, 15) is 10.5 Å². The minimum atomic E-state index is 0.469. The van der Waals surface area contributed by atoms with E-state index in [1.807, 2.05) is 24.3 Å². The summed E-state index contributed by atoms with van der Waals surface area (Å²) in [7, 11) is 0. The summed E-state index contributed by atoms with van der Waals surface area (Å²) in [5, 5.41) is 33.5. The number of para-hydroxylation sites is 2. The van der Waals surface area contributed by atoms with Gasteiger partial charge in [-0.25, -0.2) is 0 Å². The van der Waals surface area contributed by atoms with Crippen LogP contribution in [0.15, 0.2) is 200 Å². The Labute approximate surface area is 351 Å². The monoisotopic (exact) mass is 775 g/mol. The predicted molar refractivity (Wildman–Crippen MR) is 252 cm³/mol. The highest BCUT2D eigenvalue weighted by Gasteiger charge is 2.24. The van der Waals surface area contributed by atoms with Crippen molar-refractivity contribution >= 4 is 93.0 Å². The first-order chi connectivity index (χ1) is 30.2. The van der Waals surface area contributed by atoms with Crippen LogP contribution < -0.4 is 4.90 Å². The molecule has 0 aliphatic carbocycles. The molecule has 2 aromatic heterocycles. The normalized spacial score (nSPS) is 11.6. The zero-order chi connectivity index (χ0) is 40.6. The van der Waals surface area contributed by atoms with Crippen LogP contribution in [-0.4, -0.2) is 9.13 Å². The predicted octanol–water partition coefficient (Wildman–Crippen LogP) is 14.6. The lowest BCUT2D eigenvalue weighted by molar-refractivity contribution is 1.12. The van der Waals surface area contributed by atoms with Crippen molar-refractivity contribution in [3.63, 3.8) is 0 Å². The van der Waals surface area contributed by atoms with Gasteiger partial charge in [-0.05, 0) is 105 Å². The SMILES string of the molecule is N#Cc1cc(-n2c3ccc4ccccc4c3c3c4ccccc4ccc32)c(C#N)cc1-n1c2ccc(N(c3ccccc3)c3ccccc3)cc2c2c3ccccc3ccc21. The van der Waals surface area contributed by atoms with Gasteiger partial charge < -0.3 is 14.0 Å². The lowest BCUT2D eigenvalue weighted by Gasteiger charge is -2.25. The fourth-order valence-electron chi connectivity index (χ4n) is 9.71. The molecule has 0 atom stereocenters. The summed E-state index contributed by atoms with van der Waals surface area (Å²) < 4.78 is 4.35. The number of benzene rings is 10. The van der Waals surface area contributed by atoms with Crippen molar-refractivity contribution in [3.8, 4) is 23.5 Å². The van der Waals surface area contributed by atoms with Crippen molar-refractivity contribution in [3.05, 3.63) is 211 Å². The van der Waals surface area contributed by atoms with Gasteiger partial charge in [-0.15, -0.1) is 0 Å². The molecule has 0 bridgehead atoms. The average Bonchev–Trinajstić information content (AvgIpc) is 3.85. The van der Waals surface area contributed by atoms with E-state index in [1.165, 1.54) is 0 Å². The van der Waals surface area contributed by atoms with Crippen LogP contribution in [0.1, 0.15) is 11.1 Å². The summed E-state index contributed by atoms with van der Waals surface area (Å²) in [5.41, 5.74) is 9.25. The van der Waals surface area contributed by atoms with Gasteiger partial charge in [-0.1, -0.05) is 127 Å². The Morgan fingerprint density at radius 1 is 0.328 bits per heavy atom. The molecule has 2 heterocycles. The third-order valence-electron chi connectivity index (χ3n) is 12.3. The van der Waals surface area contributed by atoms with Gasteiger partial charge in [-0.3, -0.25) is 0 Å². The van der Waals surface area contributed by atoms with E-state index in [0.29, 0.717) is 22.5 Å². The molecule has 5 nitrogen and oxygen atoms in total. The zero-order valence-corrected chi connectivity index (χ0v) is 32.8. The van der Waals surface area contributed by atoms with Crippen LogP contribution >= 0.6 is 0 Å². The van der Waals surface area contributed by atoms with Crippen molar-refractivity contribution in [2.45, 2.75) is 0 Å². The Kier molecular flexibility index (Phi) is 7.59. The van der Waals surface area contributed by atoms with Gasteiger partial charge in [0, 0.05) is 38.6 Å². The molecule has 0 spiro atoms. The van der Waals surface area contributed by atoms with Crippen molar-refractivity contribution in [2.24, 2.45) is 0 Å². The Morgan fingerprint density at radius 3 is 1.20 bits per heavy atom. The van der Waals surface area contributed by atoms with Crippen molar-refractivity contribution in [1.82, 2.24) is 9.13 Å². The molecule has 12 aromatic rings. The number of nitrogens with zero attached hydrogens (tertiary/aromatic N) is 5. The van der Waals surface area contributed by atoms with E-state index in [1.54, 1.807) is 0 Å². The van der Waals surface area contributed by atoms with E-state index in [4.69, 9.17) is 0 Å². The van der Waals surface area contributed by atoms with E-state index in [-0.39, 0.29) is 0 Å². The quantitative estimate of drug-likeness (QED) is 0.175. The Balaban J connectivity index is 1.15. The fourth-order valence-corrected chi connectivity index (χ4v) is 9.71. The second kappa shape index (κ2) is 13.5. The highest BCUT2D eigenvalue weighted by molar-refractivity contribution is 6.28. The number of nitriles is 2. The van der Waals surface area contributed by atoms with E-state index in [0.717, 1.165) is 93.0 Å². The molecule has 12 rings (SSSR count). The highest BCUT2D eigenvalue weighted by atomic mass is 15.1. The number of fused-ring (bicyclic) bond motifs is 12. The van der Waals surface area contributed by atoms with E-state index in [2.05, 4.69) is 202 Å². The summed E-state index contributed by atoms with van der Waals surface area (Å²) in [6.07, 6.45) is 0. The van der Waals surface area contributed by atoms with Gasteiger partial charge in [0.05, 0.1) is 44.6 Å². The lowest BCUT2D eigenvalue weighted by Crippen LogP contribution is -2.09. The van der Waals surface area contributed by atoms with Crippen molar-refractivity contribution < 1.29 is 0 Å². The molecule has 0 saturated heterocycles. The molecule has 0 fully saturated rings. The summed E-state index contributed by atoms with van der Waals surface area (Å²) in [4.78, 5) is 2.27. The van der Waals surface area contributed by atoms with Crippen LogP contribution in [0.25, 0.3) is 87.3 Å². The number of anilines is 3. The Hall–Kier alpha value is -8.64. The largest absolute Gasteiger partial charge is 0.310 e. The first-order valence-electron chi connectivity index (χ1n) is 20.4. The van der Waals surface area contributed by atoms with Crippen LogP contribution in [-0.2, 0) is 0 Å². The highest BCUT2D eigenvalue weighted by Crippen LogP contribution is 2.44. The molecule has 5 heteroatoms. The Morgan fingerprint density at radius 2 is 0.721 bits per heavy atom. The smallest absolute Gasteiger partial charge is 0.101 e. The van der Waals surface area contributed by atoms with Gasteiger partial charge in [0.25, 0.3) is 0 Å². The third kappa shape index (κ3) is 5.12. The maximum atomic E-state index is 11.1. The second-order valence-electron chi connectivity index (χ2n) is 15.5. The standard InChI is InChI=1S/C56H33N5/c57-34-39-32-53(61-50-28-24-37-14-8-11-21-45(37)55(50)56-46-22-12-9-15-38(46)25-29-51(56)61)40(35-58)31-52(39)60-48-30-26-43(59(41-16-3-1-4-17-41)42-18-5-2-6-19-42)33-47(48)54-44-20-10-7-13-36(44)23-27-49(54)60/h1-33H. The van der Waals surface area contributed by atoms with Crippen molar-refractivity contribution in [2.75, 3.05) is 4.90 Å². The van der Waals surface area contributed by atoms with E-state index < -0.39 is 0 Å². The zero-order valence-electron chi connectivity index (χ0n) is 32.8. The molecule has 0 aliphatic rings. The molecule has 0 radical (unpaired) electrons. The first-order valence-corrected chi connectivity index (χ1v) is 20.4. The molecular weight excluding hydrogens is 743 g/mol. The van der Waals surface area contributed by atoms with E-state index >= 15 is 0 Å². The molecule has 10 aromatic carbocycles. The number of aromatic nitrogens is 2. The summed E-state index contributed by atoms with van der Waals surface area (Å²) in [6, 6.07) is 74.7. The number of rotatable bonds is 5. The average molecular weight is 776 g/mol. The van der Waals surface area contributed by atoms with Gasteiger partial charge in [0.2, 0.25) is 0 Å². The molecule has 282 valence electrons. The molecule has 0 saturated carbocycles. The van der Waals surface area contributed by atoms with Gasteiger partial charge in [0.1, 0.15) is 12.1 Å². The molecular formula is C56H33N5. The molecule has 0 amide bonds. The van der Waals surface area contributed by atoms with Gasteiger partial charge in [-0.2, -0.15) is 10.5 Å². The maximum Gasteiger partial charge on any atom is 0.101 e. The summed E-state index contributed by atoms with van der Waals surface area (Å²) in [6.45, 7) is 0. The van der Waals surface area contributed by atoms with Crippen LogP contribution in [0.4, 0.5) is 17.1 Å². The molecule has 0 N–H and O–H groups in total. The number of hydrogen-bond acceptors (Lipinski definition) is 3. The summed E-state index contributed by atoms with van der Waals surface area (Å²) in [5.74, 6) is 0. The number of hydrogen-bond donors (Lipinski definition) is 0. The van der Waals surface area contributed by atoms with Crippen molar-refractivity contribution in [1.29, 1.82) is 10.5 Å². The minimum Gasteiger partial charge on any atom is -0.310 e. The topological polar surface area (TPSA) is 60.7 Å². The van der Waals surface area contributed by atoms with Crippen LogP contribution in [0.5, 0.6) is 0 Å². The van der Waals surface area contributed by atoms with Gasteiger partial charge >= 0.3 is 0 Å². The van der Waals surface area contributed by atoms with Gasteiger partial charge in [0.15, 0.2) is 0 Å². The fraction of sp³-hybridized carbons (Fsp3) is 0. The Bertz CT molecular complexity index is 3710. The molecule has 0 unspecified atom stereocenters. The molecule has 61 heavy (non-hydrogen) atoms. The third-order valence-corrected chi connectivity index (χ3v) is 12.3. The maximum absolute atomic E-state index is 11.1. The molecule has 0 aliphatic heterocycles. The second-order valence-corrected chi connectivity index (χ2v) is 15.5. The first kappa shape index (κ1) is 34.4. The summed E-state index contributed by atoms with van der Waals surface area (Å²) >= 11 is 0. The van der Waals surface area contributed by atoms with Crippen LogP contribution in [0.3, 0.4) is 0 Å². The van der Waals surface area contributed by atoms with Crippen LogP contribution in [0, 0.1) is 22.7 Å². The van der Waals surface area contributed by atoms with Crippen LogP contribution in [0.2, 0.25) is 0 Å². The lowest BCUT2D eigenvalue weighted by atomic mass is 10.00. The minimum absolute atomic E-state index is 0.469.